The summed E-state index contributed by atoms with van der Waals surface area (Å²) in [7, 11) is 0. The fourth-order valence-corrected chi connectivity index (χ4v) is 3.05. The molecule has 1 aliphatic rings. The Labute approximate surface area is 176 Å². The number of rotatable bonds is 7. The maximum Gasteiger partial charge on any atom is 0.256 e. The predicted molar refractivity (Wildman–Crippen MR) is 115 cm³/mol. The van der Waals surface area contributed by atoms with Crippen molar-refractivity contribution >= 4 is 23.8 Å². The lowest BCUT2D eigenvalue weighted by Gasteiger charge is -2.26. The number of carbonyl (C=O) groups excluding carboxylic acids is 2. The first-order chi connectivity index (χ1) is 14.6. The minimum Gasteiger partial charge on any atom is -0.379 e. The summed E-state index contributed by atoms with van der Waals surface area (Å²) in [6.45, 7) is 4.28. The summed E-state index contributed by atoms with van der Waals surface area (Å²) in [5, 5.41) is 10.4. The van der Waals surface area contributed by atoms with Gasteiger partial charge >= 0.3 is 0 Å². The third kappa shape index (κ3) is 6.52. The van der Waals surface area contributed by atoms with E-state index in [0.29, 0.717) is 5.56 Å². The van der Waals surface area contributed by atoms with Crippen LogP contribution in [0.4, 0.5) is 0 Å². The second kappa shape index (κ2) is 10.9. The van der Waals surface area contributed by atoms with Crippen molar-refractivity contribution < 1.29 is 14.3 Å². The maximum atomic E-state index is 12.4. The molecule has 1 saturated heterocycles. The summed E-state index contributed by atoms with van der Waals surface area (Å²) in [6, 6.07) is 15.1. The van der Waals surface area contributed by atoms with E-state index in [0.717, 1.165) is 44.0 Å². The van der Waals surface area contributed by atoms with E-state index in [4.69, 9.17) is 10.00 Å². The molecular formula is C24H23N3O3. The zero-order chi connectivity index (χ0) is 21.2. The number of nitrogens with one attached hydrogen (secondary N) is 1. The zero-order valence-corrected chi connectivity index (χ0v) is 16.6. The van der Waals surface area contributed by atoms with Gasteiger partial charge in [0, 0.05) is 31.3 Å². The average molecular weight is 401 g/mol. The smallest absolute Gasteiger partial charge is 0.256 e. The van der Waals surface area contributed by atoms with Crippen molar-refractivity contribution in [2.75, 3.05) is 26.3 Å². The number of nitrogens with zero attached hydrogens (tertiary/aromatic N) is 2. The number of allylic oxidation sites excluding steroid dienone is 1. The molecule has 0 aliphatic carbocycles. The van der Waals surface area contributed by atoms with Crippen molar-refractivity contribution in [3.8, 4) is 6.19 Å². The van der Waals surface area contributed by atoms with Crippen LogP contribution in [0.25, 0.3) is 12.2 Å². The second-order valence-electron chi connectivity index (χ2n) is 6.88. The monoisotopic (exact) mass is 401 g/mol. The number of morpholine rings is 1. The standard InChI is InChI=1S/C24H23N3O3/c25-18-26-24(29)12-8-20-3-1-19(2-4-20)7-11-23(28)22-9-5-21(6-10-22)17-27-13-15-30-16-14-27/h1-12H,13-17H2,(H,26,29)/b11-7+,12-8+. The van der Waals surface area contributed by atoms with Crippen LogP contribution in [-0.2, 0) is 16.1 Å². The Morgan fingerprint density at radius 1 is 0.967 bits per heavy atom. The molecule has 2 aromatic carbocycles. The number of benzene rings is 2. The third-order valence-corrected chi connectivity index (χ3v) is 4.72. The quantitative estimate of drug-likeness (QED) is 0.334. The highest BCUT2D eigenvalue weighted by molar-refractivity contribution is 6.06. The van der Waals surface area contributed by atoms with Gasteiger partial charge in [0.1, 0.15) is 0 Å². The van der Waals surface area contributed by atoms with Crippen LogP contribution in [-0.4, -0.2) is 42.9 Å². The van der Waals surface area contributed by atoms with Gasteiger partial charge in [0.25, 0.3) is 5.91 Å². The molecule has 1 heterocycles. The molecule has 0 unspecified atom stereocenters. The predicted octanol–water partition coefficient (Wildman–Crippen LogP) is 3.03. The summed E-state index contributed by atoms with van der Waals surface area (Å²) < 4.78 is 5.36. The Morgan fingerprint density at radius 3 is 2.17 bits per heavy atom. The van der Waals surface area contributed by atoms with E-state index < -0.39 is 5.91 Å². The van der Waals surface area contributed by atoms with Gasteiger partial charge in [0.2, 0.25) is 0 Å². The normalized spacial score (nSPS) is 14.6. The SMILES string of the molecule is N#CNC(=O)/C=C/c1ccc(/C=C/C(=O)c2ccc(CN3CCOCC3)cc2)cc1. The Morgan fingerprint density at radius 2 is 1.57 bits per heavy atom. The van der Waals surface area contributed by atoms with Gasteiger partial charge < -0.3 is 4.74 Å². The minimum absolute atomic E-state index is 0.0509. The number of carbonyl (C=O) groups is 2. The van der Waals surface area contributed by atoms with Crippen LogP contribution in [0.2, 0.25) is 0 Å². The molecule has 3 rings (SSSR count). The van der Waals surface area contributed by atoms with E-state index >= 15 is 0 Å². The molecule has 6 nitrogen and oxygen atoms in total. The Balaban J connectivity index is 1.54. The lowest BCUT2D eigenvalue weighted by molar-refractivity contribution is -0.115. The third-order valence-electron chi connectivity index (χ3n) is 4.72. The molecule has 152 valence electrons. The summed E-state index contributed by atoms with van der Waals surface area (Å²) in [5.74, 6) is -0.520. The van der Waals surface area contributed by atoms with Crippen LogP contribution in [0, 0.1) is 11.5 Å². The van der Waals surface area contributed by atoms with Crippen molar-refractivity contribution in [1.82, 2.24) is 10.2 Å². The van der Waals surface area contributed by atoms with Crippen LogP contribution in [0.5, 0.6) is 0 Å². The summed E-state index contributed by atoms with van der Waals surface area (Å²) in [5.41, 5.74) is 3.54. The number of hydrogen-bond donors (Lipinski definition) is 1. The van der Waals surface area contributed by atoms with Crippen LogP contribution >= 0.6 is 0 Å². The largest absolute Gasteiger partial charge is 0.379 e. The summed E-state index contributed by atoms with van der Waals surface area (Å²) in [6.07, 6.45) is 7.80. The van der Waals surface area contributed by atoms with Gasteiger partial charge in [0.15, 0.2) is 12.0 Å². The Kier molecular flexibility index (Phi) is 7.67. The Hall–Kier alpha value is -3.53. The van der Waals surface area contributed by atoms with Crippen LogP contribution in [0.15, 0.2) is 60.7 Å². The van der Waals surface area contributed by atoms with E-state index in [9.17, 15) is 9.59 Å². The average Bonchev–Trinajstić information content (AvgIpc) is 2.78. The molecular weight excluding hydrogens is 378 g/mol. The molecule has 1 N–H and O–H groups in total. The molecule has 1 fully saturated rings. The van der Waals surface area contributed by atoms with Crippen molar-refractivity contribution in [2.45, 2.75) is 6.54 Å². The van der Waals surface area contributed by atoms with Gasteiger partial charge in [-0.25, -0.2) is 0 Å². The molecule has 0 spiro atoms. The summed E-state index contributed by atoms with van der Waals surface area (Å²) in [4.78, 5) is 26.0. The highest BCUT2D eigenvalue weighted by Crippen LogP contribution is 2.12. The van der Waals surface area contributed by atoms with E-state index in [2.05, 4.69) is 4.90 Å². The summed E-state index contributed by atoms with van der Waals surface area (Å²) >= 11 is 0. The first-order valence-electron chi connectivity index (χ1n) is 9.73. The highest BCUT2D eigenvalue weighted by atomic mass is 16.5. The highest BCUT2D eigenvalue weighted by Gasteiger charge is 2.11. The number of ketones is 1. The molecule has 2 aromatic rings. The van der Waals surface area contributed by atoms with Crippen molar-refractivity contribution in [3.63, 3.8) is 0 Å². The number of amides is 1. The maximum absolute atomic E-state index is 12.4. The van der Waals surface area contributed by atoms with Crippen molar-refractivity contribution in [3.05, 3.63) is 82.9 Å². The van der Waals surface area contributed by atoms with Crippen LogP contribution < -0.4 is 5.32 Å². The minimum atomic E-state index is -0.469. The van der Waals surface area contributed by atoms with Crippen molar-refractivity contribution in [1.29, 1.82) is 5.26 Å². The first-order valence-corrected chi connectivity index (χ1v) is 9.73. The fraction of sp³-hybridized carbons (Fsp3) is 0.208. The number of ether oxygens (including phenoxy) is 1. The van der Waals surface area contributed by atoms with Crippen molar-refractivity contribution in [2.24, 2.45) is 0 Å². The first kappa shape index (κ1) is 21.2. The zero-order valence-electron chi connectivity index (χ0n) is 16.6. The number of hydrogen-bond acceptors (Lipinski definition) is 5. The van der Waals surface area contributed by atoms with Gasteiger partial charge in [-0.2, -0.15) is 5.26 Å². The molecule has 0 aromatic heterocycles. The second-order valence-corrected chi connectivity index (χ2v) is 6.88. The van der Waals surface area contributed by atoms with E-state index in [-0.39, 0.29) is 5.78 Å². The van der Waals surface area contributed by atoms with Gasteiger partial charge in [-0.1, -0.05) is 54.6 Å². The van der Waals surface area contributed by atoms with Gasteiger partial charge in [-0.05, 0) is 28.8 Å². The lowest BCUT2D eigenvalue weighted by Crippen LogP contribution is -2.35. The molecule has 6 heteroatoms. The van der Waals surface area contributed by atoms with Gasteiger partial charge in [-0.3, -0.25) is 19.8 Å². The van der Waals surface area contributed by atoms with E-state index in [1.54, 1.807) is 24.4 Å². The van der Waals surface area contributed by atoms with Gasteiger partial charge in [0.05, 0.1) is 13.2 Å². The molecule has 1 aliphatic heterocycles. The molecule has 1 amide bonds. The van der Waals surface area contributed by atoms with E-state index in [1.807, 2.05) is 53.8 Å². The molecule has 30 heavy (non-hydrogen) atoms. The van der Waals surface area contributed by atoms with Crippen LogP contribution in [0.3, 0.4) is 0 Å². The Bertz CT molecular complexity index is 964. The molecule has 0 bridgehead atoms. The van der Waals surface area contributed by atoms with Crippen LogP contribution in [0.1, 0.15) is 27.0 Å². The van der Waals surface area contributed by atoms with Gasteiger partial charge in [-0.15, -0.1) is 0 Å². The van der Waals surface area contributed by atoms with E-state index in [1.165, 1.54) is 11.6 Å². The number of nitriles is 1. The molecule has 0 radical (unpaired) electrons. The molecule has 0 atom stereocenters. The molecule has 0 saturated carbocycles. The fourth-order valence-electron chi connectivity index (χ4n) is 3.05. The topological polar surface area (TPSA) is 82.4 Å². The lowest BCUT2D eigenvalue weighted by atomic mass is 10.1.